The number of halogens is 1. The molecule has 2 aromatic heterocycles. The van der Waals surface area contributed by atoms with Gasteiger partial charge in [-0.1, -0.05) is 22.0 Å². The molecule has 2 rings (SSSR count). The summed E-state index contributed by atoms with van der Waals surface area (Å²) in [7, 11) is 0. The minimum absolute atomic E-state index is 0.132. The van der Waals surface area contributed by atoms with E-state index in [0.717, 1.165) is 10.2 Å². The number of aromatic amines is 1. The maximum Gasteiger partial charge on any atom is 0.283 e. The van der Waals surface area contributed by atoms with Gasteiger partial charge in [-0.15, -0.1) is 11.3 Å². The van der Waals surface area contributed by atoms with Crippen molar-refractivity contribution in [1.29, 1.82) is 0 Å². The molecule has 2 aromatic rings. The molecule has 0 aliphatic carbocycles. The summed E-state index contributed by atoms with van der Waals surface area (Å²) in [6, 6.07) is 3.87. The predicted octanol–water partition coefficient (Wildman–Crippen LogP) is 2.63. The average molecular weight is 274 g/mol. The summed E-state index contributed by atoms with van der Waals surface area (Å²) in [4.78, 5) is 12.3. The largest absolute Gasteiger partial charge is 0.377 e. The van der Waals surface area contributed by atoms with E-state index < -0.39 is 0 Å². The van der Waals surface area contributed by atoms with Gasteiger partial charge in [-0.25, -0.2) is 0 Å². The van der Waals surface area contributed by atoms with Gasteiger partial charge in [-0.05, 0) is 17.9 Å². The normalized spacial score (nSPS) is 10.6. The van der Waals surface area contributed by atoms with Crippen LogP contribution in [0.5, 0.6) is 0 Å². The fourth-order valence-corrected chi connectivity index (χ4v) is 2.38. The first-order valence-corrected chi connectivity index (χ1v) is 6.13. The first-order valence-electron chi connectivity index (χ1n) is 4.13. The van der Waals surface area contributed by atoms with Gasteiger partial charge >= 0.3 is 0 Å². The molecule has 14 heavy (non-hydrogen) atoms. The van der Waals surface area contributed by atoms with Gasteiger partial charge in [-0.3, -0.25) is 4.79 Å². The first kappa shape index (κ1) is 9.73. The lowest BCUT2D eigenvalue weighted by Gasteiger charge is -1.93. The molecule has 0 radical (unpaired) electrons. The maximum atomic E-state index is 11.4. The lowest BCUT2D eigenvalue weighted by Crippen LogP contribution is -2.06. The van der Waals surface area contributed by atoms with E-state index in [2.05, 4.69) is 21.1 Å². The van der Waals surface area contributed by atoms with Crippen molar-refractivity contribution in [3.8, 4) is 10.6 Å². The molecule has 74 valence electrons. The quantitative estimate of drug-likeness (QED) is 0.874. The molecule has 0 spiro atoms. The zero-order valence-electron chi connectivity index (χ0n) is 7.25. The first-order chi connectivity index (χ1) is 6.83. The molecule has 0 unspecified atom stereocenters. The smallest absolute Gasteiger partial charge is 0.283 e. The van der Waals surface area contributed by atoms with Crippen LogP contribution in [0.2, 0.25) is 0 Å². The van der Waals surface area contributed by atoms with Crippen molar-refractivity contribution in [2.45, 2.75) is 6.42 Å². The second-order valence-corrected chi connectivity index (χ2v) is 4.50. The van der Waals surface area contributed by atoms with Crippen LogP contribution in [0, 0.1) is 0 Å². The fraction of sp³-hybridized carbons (Fsp3) is 0.222. The summed E-state index contributed by atoms with van der Waals surface area (Å²) >= 11 is 4.87. The van der Waals surface area contributed by atoms with Crippen LogP contribution >= 0.6 is 27.3 Å². The Kier molecular flexibility index (Phi) is 2.88. The van der Waals surface area contributed by atoms with E-state index in [-0.39, 0.29) is 5.56 Å². The molecular weight excluding hydrogens is 266 g/mol. The molecule has 0 fully saturated rings. The molecule has 0 atom stereocenters. The van der Waals surface area contributed by atoms with Gasteiger partial charge in [0.05, 0.1) is 10.4 Å². The molecule has 0 aliphatic rings. The zero-order chi connectivity index (χ0) is 9.97. The Hall–Kier alpha value is -0.810. The van der Waals surface area contributed by atoms with Crippen LogP contribution in [0.3, 0.4) is 0 Å². The minimum Gasteiger partial charge on any atom is -0.377 e. The third-order valence-electron chi connectivity index (χ3n) is 1.88. The van der Waals surface area contributed by atoms with Crippen molar-refractivity contribution >= 4 is 27.3 Å². The summed E-state index contributed by atoms with van der Waals surface area (Å²) < 4.78 is 5.14. The summed E-state index contributed by atoms with van der Waals surface area (Å²) in [5.41, 5.74) is 0.581. The van der Waals surface area contributed by atoms with Crippen molar-refractivity contribution in [2.24, 2.45) is 0 Å². The van der Waals surface area contributed by atoms with E-state index in [9.17, 15) is 4.79 Å². The minimum atomic E-state index is -0.132. The van der Waals surface area contributed by atoms with Crippen molar-refractivity contribution < 1.29 is 4.52 Å². The molecule has 0 amide bonds. The Morgan fingerprint density at radius 2 is 2.43 bits per heavy atom. The Balaban J connectivity index is 2.48. The third kappa shape index (κ3) is 1.69. The van der Waals surface area contributed by atoms with Gasteiger partial charge in [-0.2, -0.15) is 5.16 Å². The van der Waals surface area contributed by atoms with Gasteiger partial charge in [0.1, 0.15) is 0 Å². The maximum absolute atomic E-state index is 11.4. The lowest BCUT2D eigenvalue weighted by atomic mass is 10.2. The Labute approximate surface area is 92.9 Å². The highest BCUT2D eigenvalue weighted by molar-refractivity contribution is 9.09. The van der Waals surface area contributed by atoms with E-state index in [0.29, 0.717) is 17.7 Å². The molecular formula is C9H8BrNO2S. The molecule has 0 aliphatic heterocycles. The van der Waals surface area contributed by atoms with Crippen molar-refractivity contribution in [3.05, 3.63) is 33.4 Å². The monoisotopic (exact) mass is 273 g/mol. The summed E-state index contributed by atoms with van der Waals surface area (Å²) in [5, 5.41) is 5.08. The number of nitrogens with one attached hydrogen (secondary N) is 1. The molecule has 3 nitrogen and oxygen atoms in total. The molecule has 1 N–H and O–H groups in total. The molecule has 2 heterocycles. The van der Waals surface area contributed by atoms with E-state index in [1.807, 2.05) is 17.5 Å². The average Bonchev–Trinajstić information content (AvgIpc) is 2.77. The van der Waals surface area contributed by atoms with E-state index >= 15 is 0 Å². The SMILES string of the molecule is O=c1[nH]oc(-c2cccs2)c1CCBr. The number of thiophene rings is 1. The molecule has 0 saturated heterocycles. The molecule has 5 heteroatoms. The second-order valence-electron chi connectivity index (χ2n) is 2.76. The Morgan fingerprint density at radius 3 is 3.07 bits per heavy atom. The van der Waals surface area contributed by atoms with Gasteiger partial charge in [0.15, 0.2) is 5.76 Å². The molecule has 0 bridgehead atoms. The van der Waals surface area contributed by atoms with Crippen LogP contribution in [0.25, 0.3) is 10.6 Å². The van der Waals surface area contributed by atoms with Crippen LogP contribution in [-0.2, 0) is 6.42 Å². The predicted molar refractivity (Wildman–Crippen MR) is 60.1 cm³/mol. The topological polar surface area (TPSA) is 46.0 Å². The van der Waals surface area contributed by atoms with Crippen LogP contribution in [0.4, 0.5) is 0 Å². The lowest BCUT2D eigenvalue weighted by molar-refractivity contribution is 0.426. The van der Waals surface area contributed by atoms with Gasteiger partial charge in [0, 0.05) is 5.33 Å². The van der Waals surface area contributed by atoms with Crippen molar-refractivity contribution in [3.63, 3.8) is 0 Å². The highest BCUT2D eigenvalue weighted by Crippen LogP contribution is 2.26. The van der Waals surface area contributed by atoms with Crippen LogP contribution in [-0.4, -0.2) is 10.5 Å². The number of H-pyrrole nitrogens is 1. The van der Waals surface area contributed by atoms with Crippen LogP contribution < -0.4 is 5.56 Å². The van der Waals surface area contributed by atoms with E-state index in [1.54, 1.807) is 11.3 Å². The van der Waals surface area contributed by atoms with Crippen molar-refractivity contribution in [1.82, 2.24) is 5.16 Å². The van der Waals surface area contributed by atoms with Gasteiger partial charge < -0.3 is 4.52 Å². The summed E-state index contributed by atoms with van der Waals surface area (Å²) in [6.07, 6.45) is 0.680. The zero-order valence-corrected chi connectivity index (χ0v) is 9.65. The van der Waals surface area contributed by atoms with Crippen LogP contribution in [0.15, 0.2) is 26.8 Å². The number of hydrogen-bond acceptors (Lipinski definition) is 3. The standard InChI is InChI=1S/C9H8BrNO2S/c10-4-3-6-8(13-11-9(6)12)7-2-1-5-14-7/h1-2,5H,3-4H2,(H,11,12). The number of alkyl halides is 1. The molecule has 0 saturated carbocycles. The van der Waals surface area contributed by atoms with Gasteiger partial charge in [0.25, 0.3) is 5.56 Å². The number of rotatable bonds is 3. The van der Waals surface area contributed by atoms with Gasteiger partial charge in [0.2, 0.25) is 0 Å². The number of hydrogen-bond donors (Lipinski definition) is 1. The van der Waals surface area contributed by atoms with E-state index in [1.165, 1.54) is 0 Å². The summed E-state index contributed by atoms with van der Waals surface area (Å²) in [6.45, 7) is 0. The second kappa shape index (κ2) is 4.14. The summed E-state index contributed by atoms with van der Waals surface area (Å²) in [5.74, 6) is 0.671. The highest BCUT2D eigenvalue weighted by atomic mass is 79.9. The Bertz CT molecular complexity index is 457. The Morgan fingerprint density at radius 1 is 1.57 bits per heavy atom. The third-order valence-corrected chi connectivity index (χ3v) is 3.15. The fourth-order valence-electron chi connectivity index (χ4n) is 1.25. The van der Waals surface area contributed by atoms with Crippen LogP contribution in [0.1, 0.15) is 5.56 Å². The highest BCUT2D eigenvalue weighted by Gasteiger charge is 2.14. The number of aromatic nitrogens is 1. The molecule has 0 aromatic carbocycles. The van der Waals surface area contributed by atoms with E-state index in [4.69, 9.17) is 4.52 Å². The van der Waals surface area contributed by atoms with Crippen molar-refractivity contribution in [2.75, 3.05) is 5.33 Å².